The Kier molecular flexibility index (Phi) is 4.26. The standard InChI is InChI=1S/C15H22BrN/c1-12-6-8-15(9-7-12,11-17-2)13-4-3-5-14(16)10-13/h3-5,10,12,17H,6-9,11H2,1-2H3. The van der Waals surface area contributed by atoms with Crippen molar-refractivity contribution in [2.75, 3.05) is 13.6 Å². The number of rotatable bonds is 3. The fourth-order valence-corrected chi connectivity index (χ4v) is 3.44. The molecule has 0 unspecified atom stereocenters. The molecule has 17 heavy (non-hydrogen) atoms. The second kappa shape index (κ2) is 5.53. The van der Waals surface area contributed by atoms with E-state index in [2.05, 4.69) is 59.5 Å². The molecule has 0 heterocycles. The van der Waals surface area contributed by atoms with E-state index in [1.165, 1.54) is 35.7 Å². The highest BCUT2D eigenvalue weighted by Gasteiger charge is 2.35. The van der Waals surface area contributed by atoms with Crippen LogP contribution in [0.25, 0.3) is 0 Å². The molecule has 94 valence electrons. The smallest absolute Gasteiger partial charge is 0.0178 e. The number of nitrogens with one attached hydrogen (secondary N) is 1. The molecule has 0 atom stereocenters. The van der Waals surface area contributed by atoms with E-state index in [1.807, 2.05) is 0 Å². The third kappa shape index (κ3) is 2.92. The lowest BCUT2D eigenvalue weighted by Crippen LogP contribution is -2.40. The second-order valence-electron chi connectivity index (χ2n) is 5.50. The molecular weight excluding hydrogens is 274 g/mol. The van der Waals surface area contributed by atoms with Crippen LogP contribution >= 0.6 is 15.9 Å². The van der Waals surface area contributed by atoms with E-state index >= 15 is 0 Å². The van der Waals surface area contributed by atoms with Crippen LogP contribution in [-0.4, -0.2) is 13.6 Å². The molecule has 0 spiro atoms. The van der Waals surface area contributed by atoms with Crippen LogP contribution < -0.4 is 5.32 Å². The van der Waals surface area contributed by atoms with Gasteiger partial charge in [-0.2, -0.15) is 0 Å². The SMILES string of the molecule is CNCC1(c2cccc(Br)c2)CCC(C)CC1. The fraction of sp³-hybridized carbons (Fsp3) is 0.600. The molecule has 0 saturated heterocycles. The molecule has 2 rings (SSSR count). The molecule has 1 aliphatic rings. The monoisotopic (exact) mass is 295 g/mol. The Labute approximate surface area is 113 Å². The largest absolute Gasteiger partial charge is 0.319 e. The van der Waals surface area contributed by atoms with Crippen molar-refractivity contribution < 1.29 is 0 Å². The van der Waals surface area contributed by atoms with Gasteiger partial charge in [0.1, 0.15) is 0 Å². The highest BCUT2D eigenvalue weighted by molar-refractivity contribution is 9.10. The summed E-state index contributed by atoms with van der Waals surface area (Å²) in [5, 5.41) is 3.40. The van der Waals surface area contributed by atoms with Crippen LogP contribution in [0.5, 0.6) is 0 Å². The van der Waals surface area contributed by atoms with Crippen LogP contribution in [0.4, 0.5) is 0 Å². The van der Waals surface area contributed by atoms with Gasteiger partial charge in [-0.3, -0.25) is 0 Å². The molecule has 2 heteroatoms. The fourth-order valence-electron chi connectivity index (χ4n) is 3.04. The summed E-state index contributed by atoms with van der Waals surface area (Å²) in [6.07, 6.45) is 5.33. The molecule has 1 aliphatic carbocycles. The highest BCUT2D eigenvalue weighted by Crippen LogP contribution is 2.41. The first-order valence-electron chi connectivity index (χ1n) is 6.57. The molecule has 1 nitrogen and oxygen atoms in total. The maximum Gasteiger partial charge on any atom is 0.0178 e. The van der Waals surface area contributed by atoms with E-state index in [0.717, 1.165) is 12.5 Å². The van der Waals surface area contributed by atoms with E-state index in [-0.39, 0.29) is 0 Å². The minimum Gasteiger partial charge on any atom is -0.319 e. The summed E-state index contributed by atoms with van der Waals surface area (Å²) in [6, 6.07) is 8.86. The van der Waals surface area contributed by atoms with Gasteiger partial charge in [0, 0.05) is 16.4 Å². The summed E-state index contributed by atoms with van der Waals surface area (Å²) >= 11 is 3.60. The topological polar surface area (TPSA) is 12.0 Å². The van der Waals surface area contributed by atoms with Crippen LogP contribution in [0.1, 0.15) is 38.2 Å². The second-order valence-corrected chi connectivity index (χ2v) is 6.42. The summed E-state index contributed by atoms with van der Waals surface area (Å²) in [7, 11) is 2.07. The van der Waals surface area contributed by atoms with E-state index in [9.17, 15) is 0 Å². The Balaban J connectivity index is 2.27. The van der Waals surface area contributed by atoms with Crippen LogP contribution in [-0.2, 0) is 5.41 Å². The van der Waals surface area contributed by atoms with Crippen LogP contribution in [0.3, 0.4) is 0 Å². The minimum atomic E-state index is 0.352. The first kappa shape index (κ1) is 13.1. The Morgan fingerprint density at radius 2 is 2.06 bits per heavy atom. The van der Waals surface area contributed by atoms with Crippen LogP contribution in [0, 0.1) is 5.92 Å². The number of benzene rings is 1. The average Bonchev–Trinajstić information content (AvgIpc) is 2.33. The molecule has 0 radical (unpaired) electrons. The maximum atomic E-state index is 3.60. The van der Waals surface area contributed by atoms with E-state index in [1.54, 1.807) is 0 Å². The lowest BCUT2D eigenvalue weighted by molar-refractivity contribution is 0.237. The van der Waals surface area contributed by atoms with Gasteiger partial charge in [-0.25, -0.2) is 0 Å². The van der Waals surface area contributed by atoms with E-state index in [0.29, 0.717) is 5.41 Å². The molecule has 1 aromatic rings. The zero-order valence-electron chi connectivity index (χ0n) is 10.8. The van der Waals surface area contributed by atoms with Crippen molar-refractivity contribution in [3.8, 4) is 0 Å². The summed E-state index contributed by atoms with van der Waals surface area (Å²) in [5.41, 5.74) is 1.85. The number of hydrogen-bond acceptors (Lipinski definition) is 1. The molecular formula is C15H22BrN. The van der Waals surface area contributed by atoms with Crippen LogP contribution in [0.2, 0.25) is 0 Å². The normalized spacial score (nSPS) is 29.2. The predicted octanol–water partition coefficient (Wildman–Crippen LogP) is 4.12. The molecule has 0 amide bonds. The first-order valence-corrected chi connectivity index (χ1v) is 7.36. The molecule has 1 aromatic carbocycles. The molecule has 0 bridgehead atoms. The number of hydrogen-bond donors (Lipinski definition) is 1. The number of likely N-dealkylation sites (N-methyl/N-ethyl adjacent to an activating group) is 1. The number of halogens is 1. The molecule has 0 aromatic heterocycles. The lowest BCUT2D eigenvalue weighted by Gasteiger charge is -2.40. The Hall–Kier alpha value is -0.340. The van der Waals surface area contributed by atoms with E-state index in [4.69, 9.17) is 0 Å². The molecule has 1 saturated carbocycles. The van der Waals surface area contributed by atoms with Crippen molar-refractivity contribution in [1.29, 1.82) is 0 Å². The van der Waals surface area contributed by atoms with Gasteiger partial charge in [0.2, 0.25) is 0 Å². The van der Waals surface area contributed by atoms with Crippen molar-refractivity contribution in [3.63, 3.8) is 0 Å². The van der Waals surface area contributed by atoms with Gasteiger partial charge >= 0.3 is 0 Å². The van der Waals surface area contributed by atoms with Gasteiger partial charge in [0.15, 0.2) is 0 Å². The van der Waals surface area contributed by atoms with Crippen molar-refractivity contribution in [2.24, 2.45) is 5.92 Å². The quantitative estimate of drug-likeness (QED) is 0.885. The van der Waals surface area contributed by atoms with Crippen molar-refractivity contribution in [1.82, 2.24) is 5.32 Å². The van der Waals surface area contributed by atoms with Gasteiger partial charge in [-0.15, -0.1) is 0 Å². The third-order valence-electron chi connectivity index (χ3n) is 4.18. The maximum absolute atomic E-state index is 3.60. The highest BCUT2D eigenvalue weighted by atomic mass is 79.9. The molecule has 1 N–H and O–H groups in total. The summed E-state index contributed by atoms with van der Waals surface area (Å²) in [5.74, 6) is 0.895. The third-order valence-corrected chi connectivity index (χ3v) is 4.68. The van der Waals surface area contributed by atoms with Crippen molar-refractivity contribution >= 4 is 15.9 Å². The summed E-state index contributed by atoms with van der Waals surface area (Å²) < 4.78 is 1.20. The minimum absolute atomic E-state index is 0.352. The Morgan fingerprint density at radius 3 is 2.65 bits per heavy atom. The predicted molar refractivity (Wildman–Crippen MR) is 77.4 cm³/mol. The molecule has 0 aliphatic heterocycles. The average molecular weight is 296 g/mol. The Bertz CT molecular complexity index is 367. The summed E-state index contributed by atoms with van der Waals surface area (Å²) in [4.78, 5) is 0. The van der Waals surface area contributed by atoms with Crippen molar-refractivity contribution in [2.45, 2.75) is 38.0 Å². The van der Waals surface area contributed by atoms with Gasteiger partial charge in [-0.05, 0) is 56.3 Å². The van der Waals surface area contributed by atoms with Gasteiger partial charge in [-0.1, -0.05) is 35.0 Å². The summed E-state index contributed by atoms with van der Waals surface area (Å²) in [6.45, 7) is 3.47. The van der Waals surface area contributed by atoms with Gasteiger partial charge in [0.05, 0.1) is 0 Å². The van der Waals surface area contributed by atoms with Crippen LogP contribution in [0.15, 0.2) is 28.7 Å². The zero-order chi connectivity index (χ0) is 12.3. The lowest BCUT2D eigenvalue weighted by atomic mass is 9.67. The first-order chi connectivity index (χ1) is 8.16. The zero-order valence-corrected chi connectivity index (χ0v) is 12.4. The van der Waals surface area contributed by atoms with Gasteiger partial charge < -0.3 is 5.32 Å². The van der Waals surface area contributed by atoms with Gasteiger partial charge in [0.25, 0.3) is 0 Å². The Morgan fingerprint density at radius 1 is 1.35 bits per heavy atom. The molecule has 1 fully saturated rings. The van der Waals surface area contributed by atoms with E-state index < -0.39 is 0 Å². The van der Waals surface area contributed by atoms with Crippen molar-refractivity contribution in [3.05, 3.63) is 34.3 Å².